The third-order valence-electron chi connectivity index (χ3n) is 3.33. The second kappa shape index (κ2) is 5.75. The van der Waals surface area contributed by atoms with Crippen LogP contribution in [0.5, 0.6) is 5.75 Å². The molecule has 1 aliphatic carbocycles. The molecular formula is C14H17F2NO3. The Labute approximate surface area is 115 Å². The van der Waals surface area contributed by atoms with E-state index < -0.39 is 23.1 Å². The Morgan fingerprint density at radius 2 is 2.15 bits per heavy atom. The highest BCUT2D eigenvalue weighted by molar-refractivity contribution is 5.78. The lowest BCUT2D eigenvalue weighted by Gasteiger charge is -2.26. The van der Waals surface area contributed by atoms with Gasteiger partial charge in [-0.1, -0.05) is 0 Å². The third kappa shape index (κ3) is 3.66. The smallest absolute Gasteiger partial charge is 0.323 e. The maximum Gasteiger partial charge on any atom is 0.323 e. The molecular weight excluding hydrogens is 268 g/mol. The van der Waals surface area contributed by atoms with Gasteiger partial charge in [0, 0.05) is 18.5 Å². The van der Waals surface area contributed by atoms with Crippen LogP contribution in [0.2, 0.25) is 0 Å². The number of halogens is 2. The summed E-state index contributed by atoms with van der Waals surface area (Å²) < 4.78 is 31.0. The molecule has 4 nitrogen and oxygen atoms in total. The highest BCUT2D eigenvalue weighted by Gasteiger charge is 2.38. The Balaban J connectivity index is 1.89. The minimum absolute atomic E-state index is 0.105. The summed E-state index contributed by atoms with van der Waals surface area (Å²) in [4.78, 5) is 11.3. The van der Waals surface area contributed by atoms with Gasteiger partial charge in [-0.25, -0.2) is 8.78 Å². The lowest BCUT2D eigenvalue weighted by atomic mass is 9.98. The number of carbonyl (C=O) groups is 1. The summed E-state index contributed by atoms with van der Waals surface area (Å²) in [6.45, 7) is 1.70. The molecule has 20 heavy (non-hydrogen) atoms. The molecule has 0 heterocycles. The lowest BCUT2D eigenvalue weighted by Crippen LogP contribution is -2.51. The Bertz CT molecular complexity index is 505. The van der Waals surface area contributed by atoms with Gasteiger partial charge in [0.05, 0.1) is 6.61 Å². The van der Waals surface area contributed by atoms with Gasteiger partial charge >= 0.3 is 5.97 Å². The maximum absolute atomic E-state index is 13.0. The van der Waals surface area contributed by atoms with Gasteiger partial charge in [-0.3, -0.25) is 10.1 Å². The fraction of sp³-hybridized carbons (Fsp3) is 0.500. The summed E-state index contributed by atoms with van der Waals surface area (Å²) in [5.74, 6) is -2.69. The van der Waals surface area contributed by atoms with Crippen molar-refractivity contribution in [2.75, 3.05) is 6.61 Å². The van der Waals surface area contributed by atoms with Crippen LogP contribution in [-0.4, -0.2) is 29.3 Å². The average Bonchev–Trinajstić information content (AvgIpc) is 3.17. The largest absolute Gasteiger partial charge is 0.493 e. The molecule has 0 saturated heterocycles. The van der Waals surface area contributed by atoms with E-state index in [0.29, 0.717) is 0 Å². The van der Waals surface area contributed by atoms with E-state index in [9.17, 15) is 18.7 Å². The van der Waals surface area contributed by atoms with E-state index in [1.54, 1.807) is 6.92 Å². The second-order valence-electron chi connectivity index (χ2n) is 5.23. The first-order chi connectivity index (χ1) is 9.40. The van der Waals surface area contributed by atoms with E-state index in [1.165, 1.54) is 6.07 Å². The van der Waals surface area contributed by atoms with Crippen molar-refractivity contribution >= 4 is 5.97 Å². The molecule has 2 rings (SSSR count). The molecule has 1 aromatic carbocycles. The minimum Gasteiger partial charge on any atom is -0.493 e. The Hall–Kier alpha value is -1.69. The van der Waals surface area contributed by atoms with Gasteiger partial charge < -0.3 is 9.84 Å². The highest BCUT2D eigenvalue weighted by Crippen LogP contribution is 2.24. The van der Waals surface area contributed by atoms with Crippen LogP contribution in [0.25, 0.3) is 0 Å². The number of carboxylic acids is 1. The first-order valence-electron chi connectivity index (χ1n) is 6.50. The van der Waals surface area contributed by atoms with Crippen LogP contribution in [0, 0.1) is 11.6 Å². The van der Waals surface area contributed by atoms with Crippen LogP contribution in [0.1, 0.15) is 26.2 Å². The summed E-state index contributed by atoms with van der Waals surface area (Å²) in [7, 11) is 0. The average molecular weight is 285 g/mol. The molecule has 0 bridgehead atoms. The molecule has 0 radical (unpaired) electrons. The number of nitrogens with one attached hydrogen (secondary N) is 1. The van der Waals surface area contributed by atoms with Gasteiger partial charge in [0.1, 0.15) is 11.3 Å². The zero-order valence-electron chi connectivity index (χ0n) is 11.2. The van der Waals surface area contributed by atoms with Gasteiger partial charge in [0.25, 0.3) is 0 Å². The van der Waals surface area contributed by atoms with Crippen molar-refractivity contribution in [3.05, 3.63) is 29.8 Å². The molecule has 1 saturated carbocycles. The van der Waals surface area contributed by atoms with Crippen LogP contribution in [0.4, 0.5) is 8.78 Å². The van der Waals surface area contributed by atoms with E-state index >= 15 is 0 Å². The molecule has 1 unspecified atom stereocenters. The number of ether oxygens (including phenoxy) is 1. The van der Waals surface area contributed by atoms with Crippen molar-refractivity contribution in [3.8, 4) is 5.75 Å². The number of aliphatic carboxylic acids is 1. The fourth-order valence-corrected chi connectivity index (χ4v) is 1.86. The zero-order valence-corrected chi connectivity index (χ0v) is 11.2. The number of hydrogen-bond donors (Lipinski definition) is 2. The standard InChI is InChI=1S/C14H17F2NO3/c1-14(13(18)19,17-9-2-3-9)6-7-20-10-4-5-11(15)12(16)8-10/h4-5,8-9,17H,2-3,6-7H2,1H3,(H,18,19). The summed E-state index contributed by atoms with van der Waals surface area (Å²) in [5.41, 5.74) is -1.07. The van der Waals surface area contributed by atoms with E-state index in [2.05, 4.69) is 5.32 Å². The van der Waals surface area contributed by atoms with E-state index in [-0.39, 0.29) is 24.8 Å². The van der Waals surface area contributed by atoms with Crippen molar-refractivity contribution in [3.63, 3.8) is 0 Å². The van der Waals surface area contributed by atoms with Crippen molar-refractivity contribution in [2.45, 2.75) is 37.8 Å². The minimum atomic E-state index is -1.07. The van der Waals surface area contributed by atoms with Crippen molar-refractivity contribution < 1.29 is 23.4 Å². The molecule has 1 fully saturated rings. The predicted octanol–water partition coefficient (Wildman–Crippen LogP) is 2.33. The summed E-state index contributed by atoms with van der Waals surface area (Å²) >= 11 is 0. The molecule has 0 aromatic heterocycles. The van der Waals surface area contributed by atoms with E-state index in [4.69, 9.17) is 4.74 Å². The van der Waals surface area contributed by atoms with E-state index in [1.807, 2.05) is 0 Å². The van der Waals surface area contributed by atoms with E-state index in [0.717, 1.165) is 25.0 Å². The van der Waals surface area contributed by atoms with Gasteiger partial charge in [0.2, 0.25) is 0 Å². The molecule has 1 atom stereocenters. The van der Waals surface area contributed by atoms with Crippen molar-refractivity contribution in [1.29, 1.82) is 0 Å². The molecule has 0 aliphatic heterocycles. The van der Waals surface area contributed by atoms with Gasteiger partial charge in [0.15, 0.2) is 11.6 Å². The number of rotatable bonds is 7. The predicted molar refractivity (Wildman–Crippen MR) is 68.7 cm³/mol. The summed E-state index contributed by atoms with van der Waals surface area (Å²) in [6.07, 6.45) is 2.19. The molecule has 0 spiro atoms. The Kier molecular flexibility index (Phi) is 4.23. The fourth-order valence-electron chi connectivity index (χ4n) is 1.86. The van der Waals surface area contributed by atoms with Crippen LogP contribution < -0.4 is 10.1 Å². The third-order valence-corrected chi connectivity index (χ3v) is 3.33. The molecule has 2 N–H and O–H groups in total. The summed E-state index contributed by atoms with van der Waals surface area (Å²) in [6, 6.07) is 3.48. The maximum atomic E-state index is 13.0. The summed E-state index contributed by atoms with van der Waals surface area (Å²) in [5, 5.41) is 12.3. The van der Waals surface area contributed by atoms with Crippen LogP contribution in [0.15, 0.2) is 18.2 Å². The second-order valence-corrected chi connectivity index (χ2v) is 5.23. The zero-order chi connectivity index (χ0) is 14.8. The number of hydrogen-bond acceptors (Lipinski definition) is 3. The molecule has 110 valence electrons. The SMILES string of the molecule is CC(CCOc1ccc(F)c(F)c1)(NC1CC1)C(=O)O. The van der Waals surface area contributed by atoms with Gasteiger partial charge in [-0.15, -0.1) is 0 Å². The Morgan fingerprint density at radius 3 is 2.70 bits per heavy atom. The topological polar surface area (TPSA) is 58.6 Å². The van der Waals surface area contributed by atoms with Gasteiger partial charge in [-0.05, 0) is 31.9 Å². The first kappa shape index (κ1) is 14.7. The van der Waals surface area contributed by atoms with Crippen LogP contribution in [-0.2, 0) is 4.79 Å². The van der Waals surface area contributed by atoms with Crippen LogP contribution >= 0.6 is 0 Å². The lowest BCUT2D eigenvalue weighted by molar-refractivity contribution is -0.144. The molecule has 6 heteroatoms. The Morgan fingerprint density at radius 1 is 1.45 bits per heavy atom. The normalized spacial score (nSPS) is 17.6. The highest BCUT2D eigenvalue weighted by atomic mass is 19.2. The molecule has 1 aliphatic rings. The van der Waals surface area contributed by atoms with Crippen LogP contribution in [0.3, 0.4) is 0 Å². The van der Waals surface area contributed by atoms with Crippen molar-refractivity contribution in [1.82, 2.24) is 5.32 Å². The monoisotopic (exact) mass is 285 g/mol. The molecule has 0 amide bonds. The first-order valence-corrected chi connectivity index (χ1v) is 6.50. The number of carboxylic acid groups (broad SMARTS) is 1. The van der Waals surface area contributed by atoms with Crippen molar-refractivity contribution in [2.24, 2.45) is 0 Å². The molecule has 1 aromatic rings. The van der Waals surface area contributed by atoms with Gasteiger partial charge in [-0.2, -0.15) is 0 Å². The quantitative estimate of drug-likeness (QED) is 0.807. The number of benzene rings is 1.